The van der Waals surface area contributed by atoms with Crippen molar-refractivity contribution >= 4 is 0 Å². The van der Waals surface area contributed by atoms with E-state index in [1.54, 1.807) is 6.07 Å². The lowest BCUT2D eigenvalue weighted by molar-refractivity contribution is -0.137. The van der Waals surface area contributed by atoms with Crippen molar-refractivity contribution in [2.45, 2.75) is 64.5 Å². The van der Waals surface area contributed by atoms with Gasteiger partial charge in [-0.05, 0) is 25.0 Å². The van der Waals surface area contributed by atoms with Crippen molar-refractivity contribution in [3.63, 3.8) is 0 Å². The first-order valence-electron chi connectivity index (χ1n) is 7.02. The molecule has 1 aromatic rings. The number of hydrogen-bond donors (Lipinski definition) is 0. The van der Waals surface area contributed by atoms with Gasteiger partial charge < -0.3 is 0 Å². The zero-order valence-electron chi connectivity index (χ0n) is 11.6. The lowest BCUT2D eigenvalue weighted by Crippen LogP contribution is -2.08. The zero-order valence-corrected chi connectivity index (χ0v) is 11.6. The highest BCUT2D eigenvalue weighted by atomic mass is 19.4. The minimum atomic E-state index is -4.30. The largest absolute Gasteiger partial charge is 0.417 e. The van der Waals surface area contributed by atoms with Gasteiger partial charge in [-0.25, -0.2) is 0 Å². The van der Waals surface area contributed by atoms with Gasteiger partial charge in [-0.15, -0.1) is 0 Å². The quantitative estimate of drug-likeness (QED) is 0.633. The molecule has 1 aromatic heterocycles. The molecule has 0 unspecified atom stereocenters. The van der Waals surface area contributed by atoms with Crippen LogP contribution < -0.4 is 0 Å². The van der Waals surface area contributed by atoms with Crippen LogP contribution in [0.1, 0.15) is 69.5 Å². The fraction of sp³-hybridized carbons (Fsp3) is 0.667. The monoisotopic (exact) mass is 273 g/mol. The maximum absolute atomic E-state index is 12.5. The van der Waals surface area contributed by atoms with Crippen molar-refractivity contribution in [3.8, 4) is 0 Å². The molecule has 0 radical (unpaired) electrons. The number of aromatic nitrogens is 1. The van der Waals surface area contributed by atoms with Crippen LogP contribution in [0.2, 0.25) is 0 Å². The third-order valence-electron chi connectivity index (χ3n) is 3.34. The van der Waals surface area contributed by atoms with Gasteiger partial charge in [0.25, 0.3) is 0 Å². The van der Waals surface area contributed by atoms with E-state index in [0.717, 1.165) is 56.5 Å². The normalized spacial score (nSPS) is 12.1. The molecular formula is C15H22F3N. The standard InChI is InChI=1S/C15H22F3N/c1-3-5-7-12(8-6-4-2)14-10-9-13(11-19-14)15(16,17)18/h9-12H,3-8H2,1-2H3. The Morgan fingerprint density at radius 3 is 2.00 bits per heavy atom. The number of halogens is 3. The van der Waals surface area contributed by atoms with Crippen LogP contribution >= 0.6 is 0 Å². The van der Waals surface area contributed by atoms with Gasteiger partial charge >= 0.3 is 6.18 Å². The van der Waals surface area contributed by atoms with Crippen LogP contribution in [0.5, 0.6) is 0 Å². The van der Waals surface area contributed by atoms with Crippen LogP contribution in [-0.4, -0.2) is 4.98 Å². The summed E-state index contributed by atoms with van der Waals surface area (Å²) in [4.78, 5) is 4.03. The van der Waals surface area contributed by atoms with Crippen molar-refractivity contribution in [2.24, 2.45) is 0 Å². The first kappa shape index (κ1) is 16.0. The van der Waals surface area contributed by atoms with Gasteiger partial charge in [0, 0.05) is 17.8 Å². The smallest absolute Gasteiger partial charge is 0.260 e. The predicted octanol–water partition coefficient (Wildman–Crippen LogP) is 5.56. The van der Waals surface area contributed by atoms with E-state index in [2.05, 4.69) is 18.8 Å². The summed E-state index contributed by atoms with van der Waals surface area (Å²) < 4.78 is 37.5. The Kier molecular flexibility index (Phi) is 6.32. The summed E-state index contributed by atoms with van der Waals surface area (Å²) >= 11 is 0. The predicted molar refractivity (Wildman–Crippen MR) is 71.0 cm³/mol. The van der Waals surface area contributed by atoms with Crippen molar-refractivity contribution in [1.82, 2.24) is 4.98 Å². The Labute approximate surface area is 113 Å². The van der Waals surface area contributed by atoms with Gasteiger partial charge in [0.15, 0.2) is 0 Å². The molecular weight excluding hydrogens is 251 g/mol. The number of nitrogens with zero attached hydrogens (tertiary/aromatic N) is 1. The van der Waals surface area contributed by atoms with Crippen molar-refractivity contribution in [2.75, 3.05) is 0 Å². The second kappa shape index (κ2) is 7.51. The molecule has 0 bridgehead atoms. The fourth-order valence-electron chi connectivity index (χ4n) is 2.16. The number of rotatable bonds is 7. The van der Waals surface area contributed by atoms with Gasteiger partial charge in [-0.3, -0.25) is 4.98 Å². The minimum Gasteiger partial charge on any atom is -0.260 e. The Morgan fingerprint density at radius 1 is 1.05 bits per heavy atom. The lowest BCUT2D eigenvalue weighted by atomic mass is 9.92. The molecule has 0 spiro atoms. The Balaban J connectivity index is 2.78. The van der Waals surface area contributed by atoms with Crippen molar-refractivity contribution in [3.05, 3.63) is 29.6 Å². The second-order valence-electron chi connectivity index (χ2n) is 4.95. The average molecular weight is 273 g/mol. The summed E-state index contributed by atoms with van der Waals surface area (Å²) in [5.41, 5.74) is 0.135. The van der Waals surface area contributed by atoms with Crippen LogP contribution in [0.25, 0.3) is 0 Å². The number of alkyl halides is 3. The summed E-state index contributed by atoms with van der Waals surface area (Å²) in [6, 6.07) is 2.69. The molecule has 1 heterocycles. The molecule has 0 fully saturated rings. The van der Waals surface area contributed by atoms with Crippen LogP contribution in [0.4, 0.5) is 13.2 Å². The first-order chi connectivity index (χ1) is 8.99. The molecule has 108 valence electrons. The van der Waals surface area contributed by atoms with Crippen molar-refractivity contribution < 1.29 is 13.2 Å². The molecule has 0 N–H and O–H groups in total. The topological polar surface area (TPSA) is 12.9 Å². The van der Waals surface area contributed by atoms with Crippen LogP contribution in [0.15, 0.2) is 18.3 Å². The molecule has 19 heavy (non-hydrogen) atoms. The Morgan fingerprint density at radius 2 is 1.63 bits per heavy atom. The first-order valence-corrected chi connectivity index (χ1v) is 7.02. The minimum absolute atomic E-state index is 0.294. The van der Waals surface area contributed by atoms with Crippen molar-refractivity contribution in [1.29, 1.82) is 0 Å². The molecule has 0 atom stereocenters. The van der Waals surface area contributed by atoms with Gasteiger partial charge in [0.1, 0.15) is 0 Å². The van der Waals surface area contributed by atoms with Crippen LogP contribution in [0, 0.1) is 0 Å². The zero-order chi connectivity index (χ0) is 14.3. The summed E-state index contributed by atoms with van der Waals surface area (Å²) in [5.74, 6) is 0.294. The Bertz CT molecular complexity index is 349. The van der Waals surface area contributed by atoms with E-state index in [1.807, 2.05) is 0 Å². The van der Waals surface area contributed by atoms with Crippen LogP contribution in [-0.2, 0) is 6.18 Å². The van der Waals surface area contributed by atoms with Gasteiger partial charge in [0.05, 0.1) is 5.56 Å². The van der Waals surface area contributed by atoms with Gasteiger partial charge in [-0.1, -0.05) is 39.5 Å². The third kappa shape index (κ3) is 5.21. The maximum atomic E-state index is 12.5. The van der Waals surface area contributed by atoms with Gasteiger partial charge in [-0.2, -0.15) is 13.2 Å². The van der Waals surface area contributed by atoms with E-state index in [4.69, 9.17) is 0 Å². The number of unbranched alkanes of at least 4 members (excludes halogenated alkanes) is 2. The molecule has 0 aliphatic heterocycles. The van der Waals surface area contributed by atoms with E-state index in [9.17, 15) is 13.2 Å². The highest BCUT2D eigenvalue weighted by Gasteiger charge is 2.30. The highest BCUT2D eigenvalue weighted by Crippen LogP contribution is 2.31. The number of pyridine rings is 1. The van der Waals surface area contributed by atoms with E-state index in [-0.39, 0.29) is 0 Å². The molecule has 0 saturated heterocycles. The van der Waals surface area contributed by atoms with E-state index in [1.165, 1.54) is 0 Å². The lowest BCUT2D eigenvalue weighted by Gasteiger charge is -2.16. The Hall–Kier alpha value is -1.06. The molecule has 0 aromatic carbocycles. The molecule has 0 amide bonds. The molecule has 0 aliphatic rings. The molecule has 4 heteroatoms. The molecule has 1 rings (SSSR count). The van der Waals surface area contributed by atoms with E-state index >= 15 is 0 Å². The van der Waals surface area contributed by atoms with Crippen LogP contribution in [0.3, 0.4) is 0 Å². The average Bonchev–Trinajstić information content (AvgIpc) is 2.38. The fourth-order valence-corrected chi connectivity index (χ4v) is 2.16. The highest BCUT2D eigenvalue weighted by molar-refractivity contribution is 5.19. The summed E-state index contributed by atoms with van der Waals surface area (Å²) in [7, 11) is 0. The summed E-state index contributed by atoms with van der Waals surface area (Å²) in [6.45, 7) is 4.24. The second-order valence-corrected chi connectivity index (χ2v) is 4.95. The third-order valence-corrected chi connectivity index (χ3v) is 3.34. The summed E-state index contributed by atoms with van der Waals surface area (Å²) in [6.07, 6.45) is 3.07. The maximum Gasteiger partial charge on any atom is 0.417 e. The SMILES string of the molecule is CCCCC(CCCC)c1ccc(C(F)(F)F)cn1. The molecule has 0 saturated carbocycles. The van der Waals surface area contributed by atoms with E-state index < -0.39 is 11.7 Å². The van der Waals surface area contributed by atoms with Gasteiger partial charge in [0.2, 0.25) is 0 Å². The van der Waals surface area contributed by atoms with E-state index in [0.29, 0.717) is 5.92 Å². The molecule has 1 nitrogen and oxygen atoms in total. The number of hydrogen-bond acceptors (Lipinski definition) is 1. The molecule has 0 aliphatic carbocycles. The summed E-state index contributed by atoms with van der Waals surface area (Å²) in [5, 5.41) is 0.